The van der Waals surface area contributed by atoms with Crippen molar-refractivity contribution >= 4 is 51.7 Å². The van der Waals surface area contributed by atoms with E-state index in [0.717, 1.165) is 19.3 Å². The summed E-state index contributed by atoms with van der Waals surface area (Å²) in [6.45, 7) is 3.43. The van der Waals surface area contributed by atoms with Crippen molar-refractivity contribution in [2.75, 3.05) is 18.4 Å². The molecule has 0 saturated carbocycles. The number of fused-ring (bicyclic) bond motifs is 1. The van der Waals surface area contributed by atoms with Gasteiger partial charge in [0.05, 0.1) is 10.5 Å². The summed E-state index contributed by atoms with van der Waals surface area (Å²) in [4.78, 5) is 33.4. The van der Waals surface area contributed by atoms with Crippen LogP contribution in [0.4, 0.5) is 5.82 Å². The number of nitrogens with one attached hydrogen (secondary N) is 1. The highest BCUT2D eigenvalue weighted by molar-refractivity contribution is 8.26. The molecule has 1 aliphatic rings. The van der Waals surface area contributed by atoms with E-state index in [2.05, 4.69) is 24.4 Å². The minimum atomic E-state index is -0.219. The van der Waals surface area contributed by atoms with Crippen molar-refractivity contribution in [1.82, 2.24) is 14.3 Å². The number of pyridine rings is 1. The molecule has 0 atom stereocenters. The Hall–Kier alpha value is -2.97. The minimum absolute atomic E-state index is 0.133. The highest BCUT2D eigenvalue weighted by Crippen LogP contribution is 2.33. The van der Waals surface area contributed by atoms with Gasteiger partial charge in [0.15, 0.2) is 0 Å². The molecule has 0 bridgehead atoms. The summed E-state index contributed by atoms with van der Waals surface area (Å²) in [7, 11) is 0. The Kier molecular flexibility index (Phi) is 9.30. The van der Waals surface area contributed by atoms with Crippen LogP contribution in [0.1, 0.15) is 56.6 Å². The van der Waals surface area contributed by atoms with Crippen molar-refractivity contribution in [2.24, 2.45) is 0 Å². The van der Waals surface area contributed by atoms with E-state index in [9.17, 15) is 9.59 Å². The second-order valence-corrected chi connectivity index (χ2v) is 10.5. The van der Waals surface area contributed by atoms with E-state index in [0.29, 0.717) is 39.3 Å². The Morgan fingerprint density at radius 3 is 2.56 bits per heavy atom. The molecule has 36 heavy (non-hydrogen) atoms. The molecule has 6 nitrogen and oxygen atoms in total. The molecule has 4 rings (SSSR count). The van der Waals surface area contributed by atoms with Crippen LogP contribution in [0.3, 0.4) is 0 Å². The van der Waals surface area contributed by atoms with Gasteiger partial charge in [0.25, 0.3) is 11.5 Å². The highest BCUT2D eigenvalue weighted by atomic mass is 32.2. The van der Waals surface area contributed by atoms with Gasteiger partial charge in [-0.25, -0.2) is 4.98 Å². The number of anilines is 1. The number of carbonyl (C=O) groups excluding carboxylic acids is 1. The number of thioether (sulfide) groups is 1. The number of thiocarbonyl (C=S) groups is 1. The van der Waals surface area contributed by atoms with Gasteiger partial charge in [0.1, 0.15) is 15.8 Å². The summed E-state index contributed by atoms with van der Waals surface area (Å²) in [5.41, 5.74) is 1.90. The number of hydrogen-bond donors (Lipinski definition) is 1. The molecule has 0 unspecified atom stereocenters. The Bertz CT molecular complexity index is 1300. The first kappa shape index (κ1) is 26.1. The van der Waals surface area contributed by atoms with Crippen molar-refractivity contribution in [3.05, 3.63) is 81.1 Å². The standard InChI is InChI=1S/C28H32N4O2S2/c1-2-3-4-5-6-11-19-32-27(34)23(36-28(32)35)20-22-25(29-17-16-21-13-8-7-9-14-21)30-24-15-10-12-18-31(24)26(22)33/h7-10,12-15,18,20,29H,2-6,11,16-17,19H2,1H3. The van der Waals surface area contributed by atoms with Crippen molar-refractivity contribution in [3.8, 4) is 0 Å². The maximum Gasteiger partial charge on any atom is 0.267 e. The van der Waals surface area contributed by atoms with Gasteiger partial charge in [0.2, 0.25) is 0 Å². The maximum atomic E-state index is 13.4. The smallest absolute Gasteiger partial charge is 0.267 e. The van der Waals surface area contributed by atoms with Crippen LogP contribution in [-0.4, -0.2) is 37.6 Å². The van der Waals surface area contributed by atoms with Gasteiger partial charge in [-0.15, -0.1) is 0 Å². The van der Waals surface area contributed by atoms with Crippen molar-refractivity contribution < 1.29 is 4.79 Å². The maximum absolute atomic E-state index is 13.4. The molecule has 188 valence electrons. The van der Waals surface area contributed by atoms with Gasteiger partial charge >= 0.3 is 0 Å². The van der Waals surface area contributed by atoms with E-state index in [1.54, 1.807) is 29.3 Å². The summed E-state index contributed by atoms with van der Waals surface area (Å²) >= 11 is 6.77. The van der Waals surface area contributed by atoms with Gasteiger partial charge < -0.3 is 5.32 Å². The predicted octanol–water partition coefficient (Wildman–Crippen LogP) is 5.91. The Balaban J connectivity index is 1.54. The van der Waals surface area contributed by atoms with Crippen LogP contribution in [0, 0.1) is 0 Å². The predicted molar refractivity (Wildman–Crippen MR) is 153 cm³/mol. The summed E-state index contributed by atoms with van der Waals surface area (Å²) < 4.78 is 2.05. The fourth-order valence-corrected chi connectivity index (χ4v) is 5.50. The fourth-order valence-electron chi connectivity index (χ4n) is 4.21. The van der Waals surface area contributed by atoms with Gasteiger partial charge in [-0.05, 0) is 36.6 Å². The van der Waals surface area contributed by atoms with Crippen LogP contribution >= 0.6 is 24.0 Å². The molecule has 1 N–H and O–H groups in total. The van der Waals surface area contributed by atoms with E-state index >= 15 is 0 Å². The van der Waals surface area contributed by atoms with Crippen molar-refractivity contribution in [2.45, 2.75) is 51.9 Å². The van der Waals surface area contributed by atoms with Crippen LogP contribution in [0.5, 0.6) is 0 Å². The van der Waals surface area contributed by atoms with E-state index in [4.69, 9.17) is 17.2 Å². The first-order chi connectivity index (χ1) is 17.6. The number of aromatic nitrogens is 2. The van der Waals surface area contributed by atoms with E-state index < -0.39 is 0 Å². The average molecular weight is 521 g/mol. The summed E-state index contributed by atoms with van der Waals surface area (Å²) in [6.07, 6.45) is 11.0. The number of amides is 1. The van der Waals surface area contributed by atoms with Gasteiger partial charge in [-0.3, -0.25) is 18.9 Å². The molecule has 1 aliphatic heterocycles. The zero-order valence-electron chi connectivity index (χ0n) is 20.6. The lowest BCUT2D eigenvalue weighted by atomic mass is 10.1. The summed E-state index contributed by atoms with van der Waals surface area (Å²) in [6, 6.07) is 15.6. The molecular weight excluding hydrogens is 488 g/mol. The molecule has 3 aromatic rings. The number of carbonyl (C=O) groups is 1. The summed E-state index contributed by atoms with van der Waals surface area (Å²) in [5, 5.41) is 3.33. The Morgan fingerprint density at radius 2 is 1.75 bits per heavy atom. The average Bonchev–Trinajstić information content (AvgIpc) is 3.16. The molecule has 3 heterocycles. The van der Waals surface area contributed by atoms with Crippen molar-refractivity contribution in [3.63, 3.8) is 0 Å². The van der Waals surface area contributed by atoms with Gasteiger partial charge in [-0.2, -0.15) is 0 Å². The van der Waals surface area contributed by atoms with Gasteiger partial charge in [0, 0.05) is 19.3 Å². The fraction of sp³-hybridized carbons (Fsp3) is 0.357. The van der Waals surface area contributed by atoms with E-state index in [1.807, 2.05) is 24.3 Å². The number of nitrogens with zero attached hydrogens (tertiary/aromatic N) is 3. The van der Waals surface area contributed by atoms with Crippen LogP contribution < -0.4 is 10.9 Å². The second-order valence-electron chi connectivity index (χ2n) is 8.87. The zero-order valence-corrected chi connectivity index (χ0v) is 22.2. The second kappa shape index (κ2) is 12.8. The van der Waals surface area contributed by atoms with Crippen LogP contribution in [-0.2, 0) is 11.2 Å². The quantitative estimate of drug-likeness (QED) is 0.182. The third kappa shape index (κ3) is 6.42. The van der Waals surface area contributed by atoms with Gasteiger partial charge in [-0.1, -0.05) is 99.4 Å². The number of hydrogen-bond acceptors (Lipinski definition) is 6. The molecular formula is C28H32N4O2S2. The Morgan fingerprint density at radius 1 is 1.00 bits per heavy atom. The monoisotopic (exact) mass is 520 g/mol. The molecule has 2 aromatic heterocycles. The molecule has 0 aliphatic carbocycles. The first-order valence-electron chi connectivity index (χ1n) is 12.6. The molecule has 1 amide bonds. The molecule has 1 fully saturated rings. The molecule has 1 saturated heterocycles. The lowest BCUT2D eigenvalue weighted by Crippen LogP contribution is -2.29. The lowest BCUT2D eigenvalue weighted by Gasteiger charge is -2.14. The minimum Gasteiger partial charge on any atom is -0.369 e. The third-order valence-electron chi connectivity index (χ3n) is 6.20. The van der Waals surface area contributed by atoms with Crippen molar-refractivity contribution in [1.29, 1.82) is 0 Å². The molecule has 8 heteroatoms. The molecule has 0 radical (unpaired) electrons. The largest absolute Gasteiger partial charge is 0.369 e. The van der Waals surface area contributed by atoms with E-state index in [1.165, 1.54) is 47.4 Å². The molecule has 1 aromatic carbocycles. The number of rotatable bonds is 12. The third-order valence-corrected chi connectivity index (χ3v) is 7.58. The van der Waals surface area contributed by atoms with Crippen LogP contribution in [0.25, 0.3) is 11.7 Å². The summed E-state index contributed by atoms with van der Waals surface area (Å²) in [5.74, 6) is 0.342. The normalized spacial score (nSPS) is 14.8. The molecule has 0 spiro atoms. The topological polar surface area (TPSA) is 66.7 Å². The first-order valence-corrected chi connectivity index (χ1v) is 13.9. The number of benzene rings is 1. The lowest BCUT2D eigenvalue weighted by molar-refractivity contribution is -0.122. The van der Waals surface area contributed by atoms with E-state index in [-0.39, 0.29) is 11.5 Å². The highest BCUT2D eigenvalue weighted by Gasteiger charge is 2.32. The number of unbranched alkanes of at least 4 members (excludes halogenated alkanes) is 5. The van der Waals surface area contributed by atoms with Crippen LogP contribution in [0.2, 0.25) is 0 Å². The zero-order chi connectivity index (χ0) is 25.3. The Labute approximate surface area is 221 Å². The van der Waals surface area contributed by atoms with Crippen LogP contribution in [0.15, 0.2) is 64.4 Å². The SMILES string of the molecule is CCCCCCCCN1C(=O)C(=Cc2c(NCCc3ccccc3)nc3ccccn3c2=O)SC1=S.